The molecule has 3 aromatic rings. The molecular weight excluding hydrogens is 246 g/mol. The maximum Gasteiger partial charge on any atom is 0.289 e. The minimum Gasteiger partial charge on any atom is -0.399 e. The lowest BCUT2D eigenvalue weighted by atomic mass is 10.2. The van der Waals surface area contributed by atoms with Crippen molar-refractivity contribution < 1.29 is 4.57 Å². The number of rotatable bonds is 3. The van der Waals surface area contributed by atoms with Crippen molar-refractivity contribution in [2.45, 2.75) is 26.9 Å². The van der Waals surface area contributed by atoms with E-state index in [1.165, 1.54) is 22.4 Å². The van der Waals surface area contributed by atoms with E-state index < -0.39 is 0 Å². The molecule has 102 valence electrons. The van der Waals surface area contributed by atoms with Gasteiger partial charge in [0.15, 0.2) is 11.0 Å². The van der Waals surface area contributed by atoms with Crippen LogP contribution in [0.5, 0.6) is 0 Å². The Labute approximate surface area is 119 Å². The van der Waals surface area contributed by atoms with Gasteiger partial charge in [0.05, 0.1) is 18.7 Å². The van der Waals surface area contributed by atoms with E-state index in [1.54, 1.807) is 0 Å². The summed E-state index contributed by atoms with van der Waals surface area (Å²) in [4.78, 5) is 0. The van der Waals surface area contributed by atoms with E-state index in [-0.39, 0.29) is 0 Å². The van der Waals surface area contributed by atoms with Gasteiger partial charge in [-0.3, -0.25) is 0 Å². The highest BCUT2D eigenvalue weighted by Crippen LogP contribution is 2.24. The summed E-state index contributed by atoms with van der Waals surface area (Å²) in [6.45, 7) is 6.28. The van der Waals surface area contributed by atoms with Crippen molar-refractivity contribution >= 4 is 16.7 Å². The molecule has 0 unspecified atom stereocenters. The molecule has 0 radical (unpaired) electrons. The van der Waals surface area contributed by atoms with Crippen LogP contribution in [0.1, 0.15) is 13.8 Å². The second kappa shape index (κ2) is 5.00. The van der Waals surface area contributed by atoms with Crippen LogP contribution in [0, 0.1) is 0 Å². The predicted molar refractivity (Wildman–Crippen MR) is 83.3 cm³/mol. The molecular formula is C17H20N3+. The maximum atomic E-state index is 5.81. The van der Waals surface area contributed by atoms with Crippen LogP contribution in [-0.4, -0.2) is 4.57 Å². The normalized spacial score (nSPS) is 11.1. The highest BCUT2D eigenvalue weighted by atomic mass is 15.2. The molecule has 0 aliphatic heterocycles. The first kappa shape index (κ1) is 12.7. The number of fused-ring (bicyclic) bond motifs is 1. The monoisotopic (exact) mass is 266 g/mol. The Morgan fingerprint density at radius 1 is 1.00 bits per heavy atom. The molecule has 0 amide bonds. The molecule has 20 heavy (non-hydrogen) atoms. The largest absolute Gasteiger partial charge is 0.399 e. The predicted octanol–water partition coefficient (Wildman–Crippen LogP) is 3.22. The Morgan fingerprint density at radius 3 is 2.35 bits per heavy atom. The average Bonchev–Trinajstić information content (AvgIpc) is 2.81. The average molecular weight is 266 g/mol. The Kier molecular flexibility index (Phi) is 3.18. The van der Waals surface area contributed by atoms with E-state index in [1.807, 2.05) is 12.1 Å². The van der Waals surface area contributed by atoms with Crippen LogP contribution in [0.25, 0.3) is 22.4 Å². The summed E-state index contributed by atoms with van der Waals surface area (Å²) in [5.41, 5.74) is 10.4. The zero-order valence-corrected chi connectivity index (χ0v) is 12.0. The van der Waals surface area contributed by atoms with E-state index in [2.05, 4.69) is 59.4 Å². The lowest BCUT2D eigenvalue weighted by Gasteiger charge is -2.03. The number of aryl methyl sites for hydroxylation is 2. The van der Waals surface area contributed by atoms with E-state index in [0.717, 1.165) is 18.8 Å². The number of nitrogens with two attached hydrogens (primary N) is 1. The second-order valence-electron chi connectivity index (χ2n) is 4.92. The van der Waals surface area contributed by atoms with Gasteiger partial charge in [0, 0.05) is 5.69 Å². The van der Waals surface area contributed by atoms with Crippen molar-refractivity contribution in [1.29, 1.82) is 0 Å². The number of para-hydroxylation sites is 2. The third-order valence-corrected chi connectivity index (χ3v) is 3.78. The summed E-state index contributed by atoms with van der Waals surface area (Å²) in [5, 5.41) is 0. The van der Waals surface area contributed by atoms with Crippen molar-refractivity contribution in [2.75, 3.05) is 5.73 Å². The highest BCUT2D eigenvalue weighted by molar-refractivity contribution is 5.76. The lowest BCUT2D eigenvalue weighted by Crippen LogP contribution is -2.34. The van der Waals surface area contributed by atoms with Gasteiger partial charge in [0.25, 0.3) is 5.82 Å². The summed E-state index contributed by atoms with van der Waals surface area (Å²) < 4.78 is 4.73. The van der Waals surface area contributed by atoms with Crippen LogP contribution >= 0.6 is 0 Å². The fraction of sp³-hybridized carbons (Fsp3) is 0.235. The van der Waals surface area contributed by atoms with Crippen LogP contribution in [0.2, 0.25) is 0 Å². The second-order valence-corrected chi connectivity index (χ2v) is 4.92. The summed E-state index contributed by atoms with van der Waals surface area (Å²) in [5.74, 6) is 1.25. The summed E-state index contributed by atoms with van der Waals surface area (Å²) in [7, 11) is 0. The number of anilines is 1. The van der Waals surface area contributed by atoms with E-state index >= 15 is 0 Å². The first-order valence-electron chi connectivity index (χ1n) is 7.13. The van der Waals surface area contributed by atoms with Crippen LogP contribution < -0.4 is 10.3 Å². The molecule has 0 saturated heterocycles. The third-order valence-electron chi connectivity index (χ3n) is 3.78. The van der Waals surface area contributed by atoms with Crippen LogP contribution in [0.15, 0.2) is 48.5 Å². The summed E-state index contributed by atoms with van der Waals surface area (Å²) >= 11 is 0. The van der Waals surface area contributed by atoms with Gasteiger partial charge in [0.1, 0.15) is 0 Å². The van der Waals surface area contributed by atoms with Crippen LogP contribution in [0.3, 0.4) is 0 Å². The van der Waals surface area contributed by atoms with Gasteiger partial charge >= 0.3 is 0 Å². The number of hydrogen-bond donors (Lipinski definition) is 1. The Bertz CT molecular complexity index is 698. The summed E-state index contributed by atoms with van der Waals surface area (Å²) in [6.07, 6.45) is 0. The molecule has 2 aromatic carbocycles. The molecule has 0 spiro atoms. The minimum atomic E-state index is 0.802. The zero-order valence-electron chi connectivity index (χ0n) is 12.0. The first-order valence-corrected chi connectivity index (χ1v) is 7.13. The molecule has 2 N–H and O–H groups in total. The van der Waals surface area contributed by atoms with E-state index in [4.69, 9.17) is 5.73 Å². The van der Waals surface area contributed by atoms with Gasteiger partial charge in [-0.05, 0) is 50.2 Å². The molecule has 3 heteroatoms. The van der Waals surface area contributed by atoms with Gasteiger partial charge in [-0.1, -0.05) is 12.1 Å². The molecule has 1 aromatic heterocycles. The van der Waals surface area contributed by atoms with Gasteiger partial charge in [-0.25, -0.2) is 9.13 Å². The molecule has 0 fully saturated rings. The smallest absolute Gasteiger partial charge is 0.289 e. The SMILES string of the molecule is CCn1c(-c2ccc(N)cc2)[n+](CC)c2ccccc21. The number of hydrogen-bond acceptors (Lipinski definition) is 1. The number of aromatic nitrogens is 2. The molecule has 0 aliphatic rings. The molecule has 3 nitrogen and oxygen atoms in total. The summed E-state index contributed by atoms with van der Waals surface area (Å²) in [6, 6.07) is 16.7. The first-order chi connectivity index (χ1) is 9.76. The van der Waals surface area contributed by atoms with Gasteiger partial charge in [-0.2, -0.15) is 0 Å². The maximum absolute atomic E-state index is 5.81. The van der Waals surface area contributed by atoms with Crippen molar-refractivity contribution in [1.82, 2.24) is 4.57 Å². The Hall–Kier alpha value is -2.29. The van der Waals surface area contributed by atoms with Crippen molar-refractivity contribution in [3.63, 3.8) is 0 Å². The van der Waals surface area contributed by atoms with Crippen LogP contribution in [-0.2, 0) is 13.1 Å². The number of nitrogens with zero attached hydrogens (tertiary/aromatic N) is 2. The molecule has 0 saturated carbocycles. The molecule has 0 bridgehead atoms. The molecule has 0 atom stereocenters. The zero-order chi connectivity index (χ0) is 14.1. The number of nitrogen functional groups attached to an aromatic ring is 1. The molecule has 3 rings (SSSR count). The third kappa shape index (κ3) is 1.86. The van der Waals surface area contributed by atoms with Crippen LogP contribution in [0.4, 0.5) is 5.69 Å². The van der Waals surface area contributed by atoms with Crippen molar-refractivity contribution in [2.24, 2.45) is 0 Å². The van der Waals surface area contributed by atoms with Gasteiger partial charge < -0.3 is 5.73 Å². The van der Waals surface area contributed by atoms with Crippen molar-refractivity contribution in [3.05, 3.63) is 48.5 Å². The van der Waals surface area contributed by atoms with Gasteiger partial charge in [0.2, 0.25) is 0 Å². The number of benzene rings is 2. The highest BCUT2D eigenvalue weighted by Gasteiger charge is 2.23. The Balaban J connectivity index is 2.35. The topological polar surface area (TPSA) is 34.8 Å². The fourth-order valence-electron chi connectivity index (χ4n) is 2.88. The molecule has 0 aliphatic carbocycles. The van der Waals surface area contributed by atoms with Crippen molar-refractivity contribution in [3.8, 4) is 11.4 Å². The quantitative estimate of drug-likeness (QED) is 0.573. The van der Waals surface area contributed by atoms with Gasteiger partial charge in [-0.15, -0.1) is 0 Å². The van der Waals surface area contributed by atoms with E-state index in [0.29, 0.717) is 0 Å². The lowest BCUT2D eigenvalue weighted by molar-refractivity contribution is -0.657. The Morgan fingerprint density at radius 2 is 1.70 bits per heavy atom. The molecule has 1 heterocycles. The van der Waals surface area contributed by atoms with E-state index in [9.17, 15) is 0 Å². The minimum absolute atomic E-state index is 0.802. The number of imidazole rings is 1. The standard InChI is InChI=1S/C17H19N3/c1-3-19-15-7-5-6-8-16(15)20(4-2)17(19)13-9-11-14(18)12-10-13/h5-12,18H,3-4H2,1-2H3/p+1. The fourth-order valence-corrected chi connectivity index (χ4v) is 2.88.